The van der Waals surface area contributed by atoms with Crippen molar-refractivity contribution in [2.75, 3.05) is 18.8 Å². The molecule has 0 bridgehead atoms. The van der Waals surface area contributed by atoms with Crippen LogP contribution in [0.4, 0.5) is 5.95 Å². The van der Waals surface area contributed by atoms with Gasteiger partial charge in [0.05, 0.1) is 6.04 Å². The van der Waals surface area contributed by atoms with Crippen molar-refractivity contribution >= 4 is 18.2 Å². The van der Waals surface area contributed by atoms with Crippen molar-refractivity contribution in [3.63, 3.8) is 0 Å². The van der Waals surface area contributed by atoms with Crippen LogP contribution in [0.2, 0.25) is 0 Å². The van der Waals surface area contributed by atoms with E-state index >= 15 is 0 Å². The van der Waals surface area contributed by atoms with Gasteiger partial charge in [-0.1, -0.05) is 0 Å². The summed E-state index contributed by atoms with van der Waals surface area (Å²) in [5, 5.41) is 6.60. The van der Waals surface area contributed by atoms with Gasteiger partial charge in [0, 0.05) is 19.1 Å². The minimum atomic E-state index is 0.392. The predicted molar refractivity (Wildman–Crippen MR) is 57.6 cm³/mol. The Bertz CT molecular complexity index is 373. The molecule has 78 valence electrons. The minimum Gasteiger partial charge on any atom is -0.368 e. The zero-order valence-corrected chi connectivity index (χ0v) is 9.21. The molecule has 1 saturated heterocycles. The second-order valence-corrected chi connectivity index (χ2v) is 4.35. The Balaban J connectivity index is 2.10. The Morgan fingerprint density at radius 3 is 2.64 bits per heavy atom. The normalized spacial score (nSPS) is 18.8. The van der Waals surface area contributed by atoms with Gasteiger partial charge in [-0.3, -0.25) is 9.47 Å². The van der Waals surface area contributed by atoms with Crippen LogP contribution in [0.15, 0.2) is 0 Å². The van der Waals surface area contributed by atoms with Gasteiger partial charge < -0.3 is 5.73 Å². The molecular formula is C8H15N5S. The van der Waals surface area contributed by atoms with Crippen molar-refractivity contribution < 1.29 is 0 Å². The highest BCUT2D eigenvalue weighted by atomic mass is 32.1. The first-order chi connectivity index (χ1) is 6.59. The van der Waals surface area contributed by atoms with Crippen molar-refractivity contribution in [1.29, 1.82) is 0 Å². The van der Waals surface area contributed by atoms with E-state index in [9.17, 15) is 0 Å². The van der Waals surface area contributed by atoms with Gasteiger partial charge in [0.15, 0.2) is 4.77 Å². The molecule has 1 fully saturated rings. The smallest absolute Gasteiger partial charge is 0.220 e. The van der Waals surface area contributed by atoms with E-state index in [4.69, 9.17) is 18.0 Å². The summed E-state index contributed by atoms with van der Waals surface area (Å²) >= 11 is 5.10. The summed E-state index contributed by atoms with van der Waals surface area (Å²) in [6, 6.07) is 0.984. The third-order valence-electron chi connectivity index (χ3n) is 2.72. The lowest BCUT2D eigenvalue weighted by Crippen LogP contribution is -2.51. The Morgan fingerprint density at radius 2 is 2.21 bits per heavy atom. The fourth-order valence-corrected chi connectivity index (χ4v) is 2.03. The number of nitrogens with two attached hydrogens (primary N) is 1. The van der Waals surface area contributed by atoms with E-state index in [0.717, 1.165) is 13.1 Å². The van der Waals surface area contributed by atoms with Gasteiger partial charge >= 0.3 is 0 Å². The number of anilines is 1. The molecule has 2 rings (SSSR count). The van der Waals surface area contributed by atoms with Gasteiger partial charge in [-0.25, -0.2) is 5.10 Å². The first-order valence-corrected chi connectivity index (χ1v) is 5.17. The number of hydrogen-bond acceptors (Lipinski definition) is 4. The summed E-state index contributed by atoms with van der Waals surface area (Å²) < 4.78 is 2.52. The van der Waals surface area contributed by atoms with Crippen molar-refractivity contribution in [3.8, 4) is 0 Å². The molecule has 1 aromatic rings. The summed E-state index contributed by atoms with van der Waals surface area (Å²) in [4.78, 5) is 2.37. The summed E-state index contributed by atoms with van der Waals surface area (Å²) in [6.07, 6.45) is 0. The van der Waals surface area contributed by atoms with Crippen LogP contribution in [0.3, 0.4) is 0 Å². The Kier molecular flexibility index (Phi) is 2.32. The number of rotatable bonds is 2. The highest BCUT2D eigenvalue weighted by Gasteiger charge is 2.31. The molecule has 1 aliphatic heterocycles. The van der Waals surface area contributed by atoms with E-state index in [1.165, 1.54) is 0 Å². The number of aromatic nitrogens is 3. The molecule has 14 heavy (non-hydrogen) atoms. The molecule has 0 unspecified atom stereocenters. The Labute approximate surface area is 87.9 Å². The SMILES string of the molecule is CC(C)N1CC(n2c(N)n[nH]c2=S)C1. The lowest BCUT2D eigenvalue weighted by atomic mass is 10.1. The zero-order chi connectivity index (χ0) is 10.3. The molecule has 0 saturated carbocycles. The summed E-state index contributed by atoms with van der Waals surface area (Å²) in [6.45, 7) is 6.40. The van der Waals surface area contributed by atoms with E-state index in [1.54, 1.807) is 0 Å². The topological polar surface area (TPSA) is 62.9 Å². The molecule has 1 aliphatic rings. The first kappa shape index (κ1) is 9.67. The maximum atomic E-state index is 5.71. The second kappa shape index (κ2) is 3.36. The third-order valence-corrected chi connectivity index (χ3v) is 3.01. The number of nitrogens with one attached hydrogen (secondary N) is 1. The molecule has 0 amide bonds. The molecule has 0 aliphatic carbocycles. The monoisotopic (exact) mass is 213 g/mol. The molecule has 0 atom stereocenters. The van der Waals surface area contributed by atoms with Crippen molar-refractivity contribution in [2.24, 2.45) is 0 Å². The third kappa shape index (κ3) is 1.44. The highest BCUT2D eigenvalue weighted by Crippen LogP contribution is 2.24. The number of aromatic amines is 1. The molecular weight excluding hydrogens is 198 g/mol. The van der Waals surface area contributed by atoms with Crippen LogP contribution in [0.1, 0.15) is 19.9 Å². The van der Waals surface area contributed by atoms with Gasteiger partial charge in [-0.05, 0) is 26.1 Å². The number of hydrogen-bond donors (Lipinski definition) is 2. The zero-order valence-electron chi connectivity index (χ0n) is 8.40. The summed E-state index contributed by atoms with van der Waals surface area (Å²) in [7, 11) is 0. The average Bonchev–Trinajstić information content (AvgIpc) is 2.32. The number of likely N-dealkylation sites (tertiary alicyclic amines) is 1. The van der Waals surface area contributed by atoms with E-state index in [-0.39, 0.29) is 0 Å². The molecule has 0 aromatic carbocycles. The van der Waals surface area contributed by atoms with Crippen LogP contribution in [0, 0.1) is 4.77 Å². The molecule has 0 spiro atoms. The fourth-order valence-electron chi connectivity index (χ4n) is 1.74. The molecule has 0 radical (unpaired) electrons. The predicted octanol–water partition coefficient (Wildman–Crippen LogP) is 0.788. The van der Waals surface area contributed by atoms with Gasteiger partial charge in [0.25, 0.3) is 0 Å². The van der Waals surface area contributed by atoms with Crippen LogP contribution >= 0.6 is 12.2 Å². The molecule has 6 heteroatoms. The maximum absolute atomic E-state index is 5.71. The first-order valence-electron chi connectivity index (χ1n) is 4.76. The fraction of sp³-hybridized carbons (Fsp3) is 0.750. The lowest BCUT2D eigenvalue weighted by Gasteiger charge is -2.42. The van der Waals surface area contributed by atoms with Gasteiger partial charge in [0.2, 0.25) is 5.95 Å². The van der Waals surface area contributed by atoms with Crippen molar-refractivity contribution in [3.05, 3.63) is 4.77 Å². The summed E-state index contributed by atoms with van der Waals surface area (Å²) in [5.74, 6) is 0.489. The van der Waals surface area contributed by atoms with Crippen LogP contribution in [-0.4, -0.2) is 38.8 Å². The minimum absolute atomic E-state index is 0.392. The van der Waals surface area contributed by atoms with E-state index < -0.39 is 0 Å². The van der Waals surface area contributed by atoms with Crippen LogP contribution < -0.4 is 5.73 Å². The van der Waals surface area contributed by atoms with Gasteiger partial charge in [-0.2, -0.15) is 0 Å². The van der Waals surface area contributed by atoms with E-state index in [1.807, 2.05) is 4.57 Å². The average molecular weight is 213 g/mol. The quantitative estimate of drug-likeness (QED) is 0.713. The second-order valence-electron chi connectivity index (χ2n) is 3.96. The highest BCUT2D eigenvalue weighted by molar-refractivity contribution is 7.71. The molecule has 2 heterocycles. The number of H-pyrrole nitrogens is 1. The molecule has 5 nitrogen and oxygen atoms in total. The Morgan fingerprint density at radius 1 is 1.57 bits per heavy atom. The lowest BCUT2D eigenvalue weighted by molar-refractivity contribution is 0.0746. The van der Waals surface area contributed by atoms with Gasteiger partial charge in [-0.15, -0.1) is 5.10 Å². The maximum Gasteiger partial charge on any atom is 0.220 e. The Hall–Kier alpha value is -0.880. The van der Waals surface area contributed by atoms with Crippen LogP contribution in [-0.2, 0) is 0 Å². The van der Waals surface area contributed by atoms with Crippen LogP contribution in [0.5, 0.6) is 0 Å². The summed E-state index contributed by atoms with van der Waals surface area (Å²) in [5.41, 5.74) is 5.71. The number of nitrogens with zero attached hydrogens (tertiary/aromatic N) is 3. The van der Waals surface area contributed by atoms with Crippen molar-refractivity contribution in [2.45, 2.75) is 25.9 Å². The van der Waals surface area contributed by atoms with Crippen molar-refractivity contribution in [1.82, 2.24) is 19.7 Å². The van der Waals surface area contributed by atoms with Gasteiger partial charge in [0.1, 0.15) is 0 Å². The number of nitrogen functional groups attached to an aromatic ring is 1. The molecule has 1 aromatic heterocycles. The van der Waals surface area contributed by atoms with E-state index in [0.29, 0.717) is 22.8 Å². The standard InChI is InChI=1S/C8H15N5S/c1-5(2)12-3-6(4-12)13-7(9)10-11-8(13)14/h5-6H,3-4H2,1-2H3,(H2,9,10)(H,11,14). The molecule has 3 N–H and O–H groups in total. The van der Waals surface area contributed by atoms with E-state index in [2.05, 4.69) is 28.9 Å². The largest absolute Gasteiger partial charge is 0.368 e. The van der Waals surface area contributed by atoms with Crippen LogP contribution in [0.25, 0.3) is 0 Å².